The first-order chi connectivity index (χ1) is 14.5. The molecule has 2 aromatic carbocycles. The molecule has 0 aliphatic rings. The van der Waals surface area contributed by atoms with Crippen LogP contribution in [-0.4, -0.2) is 21.0 Å². The zero-order valence-electron chi connectivity index (χ0n) is 15.4. The van der Waals surface area contributed by atoms with Crippen molar-refractivity contribution in [3.05, 3.63) is 81.4 Å². The molecule has 0 bridgehead atoms. The lowest BCUT2D eigenvalue weighted by Gasteiger charge is -2.11. The minimum Gasteiger partial charge on any atom is -0.434 e. The first kappa shape index (κ1) is 20.5. The van der Waals surface area contributed by atoms with Crippen LogP contribution in [0, 0.1) is 0 Å². The van der Waals surface area contributed by atoms with Gasteiger partial charge in [-0.1, -0.05) is 39.7 Å². The second-order valence-corrected chi connectivity index (χ2v) is 8.03. The van der Waals surface area contributed by atoms with Crippen LogP contribution in [0.2, 0.25) is 5.02 Å². The van der Waals surface area contributed by atoms with Gasteiger partial charge in [-0.2, -0.15) is 4.98 Å². The van der Waals surface area contributed by atoms with Crippen LogP contribution in [0.25, 0.3) is 22.7 Å². The Morgan fingerprint density at radius 3 is 2.73 bits per heavy atom. The van der Waals surface area contributed by atoms with Gasteiger partial charge in [0.25, 0.3) is 5.91 Å². The van der Waals surface area contributed by atoms with E-state index in [4.69, 9.17) is 28.2 Å². The van der Waals surface area contributed by atoms with E-state index in [2.05, 4.69) is 36.5 Å². The molecule has 0 fully saturated rings. The van der Waals surface area contributed by atoms with Crippen molar-refractivity contribution in [3.63, 3.8) is 0 Å². The summed E-state index contributed by atoms with van der Waals surface area (Å²) in [6.07, 6.45) is 1.68. The van der Waals surface area contributed by atoms with Gasteiger partial charge in [0.05, 0.1) is 10.6 Å². The van der Waals surface area contributed by atoms with Gasteiger partial charge in [0.1, 0.15) is 0 Å². The highest BCUT2D eigenvalue weighted by Crippen LogP contribution is 2.23. The number of carbonyl (C=O) groups excluding carboxylic acids is 1. The SMILES string of the molecule is O=C(NC(=S)NCc1ccc(-c2nc3ncccc3o2)cc1)c1cc(Br)ccc1Cl. The number of rotatable bonds is 4. The maximum atomic E-state index is 12.3. The summed E-state index contributed by atoms with van der Waals surface area (Å²) < 4.78 is 6.48. The molecule has 2 heterocycles. The maximum Gasteiger partial charge on any atom is 0.258 e. The Morgan fingerprint density at radius 2 is 1.97 bits per heavy atom. The van der Waals surface area contributed by atoms with Crippen molar-refractivity contribution in [3.8, 4) is 11.5 Å². The van der Waals surface area contributed by atoms with Crippen molar-refractivity contribution >= 4 is 62.0 Å². The van der Waals surface area contributed by atoms with Gasteiger partial charge in [-0.05, 0) is 60.2 Å². The summed E-state index contributed by atoms with van der Waals surface area (Å²) in [6, 6.07) is 16.4. The molecule has 4 rings (SSSR count). The second-order valence-electron chi connectivity index (χ2n) is 6.30. The molecule has 0 spiro atoms. The van der Waals surface area contributed by atoms with Crippen LogP contribution in [0.1, 0.15) is 15.9 Å². The first-order valence-corrected chi connectivity index (χ1v) is 10.4. The lowest BCUT2D eigenvalue weighted by atomic mass is 10.1. The number of benzene rings is 2. The van der Waals surface area contributed by atoms with Crippen molar-refractivity contribution in [2.45, 2.75) is 6.54 Å². The molecular formula is C21H14BrClN4O2S. The monoisotopic (exact) mass is 500 g/mol. The third-order valence-electron chi connectivity index (χ3n) is 4.22. The predicted octanol–water partition coefficient (Wildman–Crippen LogP) is 5.11. The van der Waals surface area contributed by atoms with E-state index in [1.54, 1.807) is 30.5 Å². The molecule has 0 saturated carbocycles. The molecule has 0 aliphatic carbocycles. The quantitative estimate of drug-likeness (QED) is 0.378. The van der Waals surface area contributed by atoms with Crippen molar-refractivity contribution in [2.75, 3.05) is 0 Å². The molecule has 2 N–H and O–H groups in total. The third-order valence-corrected chi connectivity index (χ3v) is 5.29. The van der Waals surface area contributed by atoms with E-state index in [0.29, 0.717) is 34.3 Å². The van der Waals surface area contributed by atoms with Crippen LogP contribution < -0.4 is 10.6 Å². The Kier molecular flexibility index (Phi) is 6.08. The number of nitrogens with zero attached hydrogens (tertiary/aromatic N) is 2. The Balaban J connectivity index is 1.36. The number of amides is 1. The Hall–Kier alpha value is -2.81. The number of pyridine rings is 1. The van der Waals surface area contributed by atoms with Crippen LogP contribution in [0.4, 0.5) is 0 Å². The number of hydrogen-bond acceptors (Lipinski definition) is 5. The largest absolute Gasteiger partial charge is 0.434 e. The van der Waals surface area contributed by atoms with Crippen molar-refractivity contribution < 1.29 is 9.21 Å². The number of fused-ring (bicyclic) bond motifs is 1. The van der Waals surface area contributed by atoms with Gasteiger partial charge >= 0.3 is 0 Å². The molecule has 9 heteroatoms. The Bertz CT molecular complexity index is 1210. The van der Waals surface area contributed by atoms with E-state index >= 15 is 0 Å². The van der Waals surface area contributed by atoms with E-state index < -0.39 is 0 Å². The van der Waals surface area contributed by atoms with E-state index in [9.17, 15) is 4.79 Å². The summed E-state index contributed by atoms with van der Waals surface area (Å²) >= 11 is 14.6. The Labute approximate surface area is 190 Å². The van der Waals surface area contributed by atoms with Gasteiger partial charge in [0.15, 0.2) is 16.3 Å². The summed E-state index contributed by atoms with van der Waals surface area (Å²) in [5.41, 5.74) is 3.38. The average Bonchev–Trinajstić information content (AvgIpc) is 3.18. The second kappa shape index (κ2) is 8.91. The molecule has 4 aromatic rings. The highest BCUT2D eigenvalue weighted by molar-refractivity contribution is 9.10. The number of thiocarbonyl (C=S) groups is 1. The predicted molar refractivity (Wildman–Crippen MR) is 123 cm³/mol. The summed E-state index contributed by atoms with van der Waals surface area (Å²) in [4.78, 5) is 20.9. The van der Waals surface area contributed by atoms with Crippen LogP contribution in [0.5, 0.6) is 0 Å². The molecule has 0 atom stereocenters. The molecule has 150 valence electrons. The number of aromatic nitrogens is 2. The molecule has 6 nitrogen and oxygen atoms in total. The van der Waals surface area contributed by atoms with Crippen LogP contribution in [-0.2, 0) is 6.54 Å². The molecule has 0 aliphatic heterocycles. The minimum atomic E-state index is -0.376. The highest BCUT2D eigenvalue weighted by Gasteiger charge is 2.13. The summed E-state index contributed by atoms with van der Waals surface area (Å²) in [6.45, 7) is 0.445. The van der Waals surface area contributed by atoms with Gasteiger partial charge in [0.2, 0.25) is 5.89 Å². The van der Waals surface area contributed by atoms with Crippen molar-refractivity contribution in [1.82, 2.24) is 20.6 Å². The van der Waals surface area contributed by atoms with E-state index in [1.165, 1.54) is 0 Å². The molecule has 30 heavy (non-hydrogen) atoms. The van der Waals surface area contributed by atoms with Gasteiger partial charge in [0, 0.05) is 22.8 Å². The number of halogens is 2. The maximum absolute atomic E-state index is 12.3. The Morgan fingerprint density at radius 1 is 1.17 bits per heavy atom. The molecule has 0 saturated heterocycles. The summed E-state index contributed by atoms with van der Waals surface area (Å²) in [5, 5.41) is 6.20. The number of hydrogen-bond donors (Lipinski definition) is 2. The lowest BCUT2D eigenvalue weighted by Crippen LogP contribution is -2.38. The van der Waals surface area contributed by atoms with E-state index in [-0.39, 0.29) is 11.0 Å². The standard InChI is InChI=1S/C21H14BrClN4O2S/c22-14-7-8-16(23)15(10-14)19(28)27-21(30)25-11-12-3-5-13(6-4-12)20-26-18-17(29-20)2-1-9-24-18/h1-10H,11H2,(H2,25,27,28,30). The summed E-state index contributed by atoms with van der Waals surface area (Å²) in [7, 11) is 0. The molecule has 0 unspecified atom stereocenters. The zero-order chi connectivity index (χ0) is 21.1. The molecule has 0 radical (unpaired) electrons. The van der Waals surface area contributed by atoms with Crippen LogP contribution in [0.15, 0.2) is 69.7 Å². The summed E-state index contributed by atoms with van der Waals surface area (Å²) in [5.74, 6) is 0.135. The fourth-order valence-electron chi connectivity index (χ4n) is 2.73. The first-order valence-electron chi connectivity index (χ1n) is 8.85. The van der Waals surface area contributed by atoms with Gasteiger partial charge < -0.3 is 9.73 Å². The van der Waals surface area contributed by atoms with Crippen molar-refractivity contribution in [1.29, 1.82) is 0 Å². The zero-order valence-corrected chi connectivity index (χ0v) is 18.5. The van der Waals surface area contributed by atoms with Crippen LogP contribution in [0.3, 0.4) is 0 Å². The van der Waals surface area contributed by atoms with Crippen molar-refractivity contribution in [2.24, 2.45) is 0 Å². The van der Waals surface area contributed by atoms with Gasteiger partial charge in [-0.15, -0.1) is 0 Å². The highest BCUT2D eigenvalue weighted by atomic mass is 79.9. The third kappa shape index (κ3) is 4.67. The molecular weight excluding hydrogens is 488 g/mol. The topological polar surface area (TPSA) is 80.0 Å². The number of carbonyl (C=O) groups is 1. The minimum absolute atomic E-state index is 0.213. The fourth-order valence-corrected chi connectivity index (χ4v) is 3.46. The molecule has 2 aromatic heterocycles. The van der Waals surface area contributed by atoms with Gasteiger partial charge in [-0.3, -0.25) is 10.1 Å². The fraction of sp³-hybridized carbons (Fsp3) is 0.0476. The number of oxazole rings is 1. The number of nitrogens with one attached hydrogen (secondary N) is 2. The molecule has 1 amide bonds. The normalized spacial score (nSPS) is 10.7. The average molecular weight is 502 g/mol. The van der Waals surface area contributed by atoms with E-state index in [1.807, 2.05) is 30.3 Å². The smallest absolute Gasteiger partial charge is 0.258 e. The van der Waals surface area contributed by atoms with Gasteiger partial charge in [-0.25, -0.2) is 4.98 Å². The van der Waals surface area contributed by atoms with E-state index in [0.717, 1.165) is 15.6 Å². The lowest BCUT2D eigenvalue weighted by molar-refractivity contribution is 0.0976. The van der Waals surface area contributed by atoms with Crippen LogP contribution >= 0.6 is 39.7 Å².